The van der Waals surface area contributed by atoms with Gasteiger partial charge in [-0.1, -0.05) is 23.8 Å². The molecule has 0 aliphatic heterocycles. The second-order valence-electron chi connectivity index (χ2n) is 3.23. The Labute approximate surface area is 94.2 Å². The lowest BCUT2D eigenvalue weighted by atomic mass is 10.2. The van der Waals surface area contributed by atoms with E-state index in [1.54, 1.807) is 6.20 Å². The molecule has 1 heterocycles. The molecule has 1 N–H and O–H groups in total. The van der Waals surface area contributed by atoms with Crippen LogP contribution in [0.4, 0.5) is 0 Å². The second kappa shape index (κ2) is 5.51. The summed E-state index contributed by atoms with van der Waals surface area (Å²) in [5.74, 6) is -0.0480. The van der Waals surface area contributed by atoms with Crippen LogP contribution >= 0.6 is 11.6 Å². The average molecular weight is 225 g/mol. The van der Waals surface area contributed by atoms with Crippen LogP contribution in [0.15, 0.2) is 18.3 Å². The van der Waals surface area contributed by atoms with E-state index in [0.717, 1.165) is 11.1 Å². The molecule has 0 fully saturated rings. The zero-order valence-corrected chi connectivity index (χ0v) is 9.51. The lowest BCUT2D eigenvalue weighted by Gasteiger charge is -1.99. The number of aromatic nitrogens is 1. The fourth-order valence-electron chi connectivity index (χ4n) is 1.08. The van der Waals surface area contributed by atoms with Crippen LogP contribution in [0, 0.1) is 6.92 Å². The Morgan fingerprint density at radius 3 is 3.07 bits per heavy atom. The maximum atomic E-state index is 10.6. The Kier molecular flexibility index (Phi) is 4.31. The quantitative estimate of drug-likeness (QED) is 0.800. The minimum Gasteiger partial charge on any atom is -0.353 e. The molecular formula is C11H13ClN2O. The number of aryl methyl sites for hydroxylation is 1. The molecule has 3 nitrogen and oxygen atoms in total. The van der Waals surface area contributed by atoms with Crippen molar-refractivity contribution in [2.45, 2.75) is 13.8 Å². The first-order valence-electron chi connectivity index (χ1n) is 4.62. The van der Waals surface area contributed by atoms with Crippen molar-refractivity contribution in [2.75, 3.05) is 6.54 Å². The summed E-state index contributed by atoms with van der Waals surface area (Å²) in [5.41, 5.74) is 1.92. The zero-order chi connectivity index (χ0) is 11.3. The molecule has 0 saturated carbocycles. The summed E-state index contributed by atoms with van der Waals surface area (Å²) in [6.07, 6.45) is 5.40. The Hall–Kier alpha value is -1.35. The summed E-state index contributed by atoms with van der Waals surface area (Å²) in [6.45, 7) is 3.93. The van der Waals surface area contributed by atoms with Crippen LogP contribution in [0.25, 0.3) is 6.08 Å². The van der Waals surface area contributed by atoms with E-state index in [4.69, 9.17) is 11.6 Å². The van der Waals surface area contributed by atoms with Crippen molar-refractivity contribution < 1.29 is 4.79 Å². The topological polar surface area (TPSA) is 42.0 Å². The molecule has 0 unspecified atom stereocenters. The molecule has 1 aromatic heterocycles. The van der Waals surface area contributed by atoms with Crippen molar-refractivity contribution in [1.29, 1.82) is 0 Å². The van der Waals surface area contributed by atoms with Gasteiger partial charge in [0.15, 0.2) is 0 Å². The van der Waals surface area contributed by atoms with Crippen molar-refractivity contribution >= 4 is 23.6 Å². The van der Waals surface area contributed by atoms with E-state index < -0.39 is 0 Å². The molecule has 4 heteroatoms. The molecule has 1 amide bonds. The van der Waals surface area contributed by atoms with Crippen LogP contribution < -0.4 is 5.32 Å². The van der Waals surface area contributed by atoms with Gasteiger partial charge in [-0.25, -0.2) is 4.98 Å². The molecule has 0 atom stereocenters. The van der Waals surface area contributed by atoms with Gasteiger partial charge in [0.05, 0.1) is 0 Å². The van der Waals surface area contributed by atoms with E-state index in [1.807, 2.05) is 25.1 Å². The first-order valence-corrected chi connectivity index (χ1v) is 5.00. The lowest BCUT2D eigenvalue weighted by Crippen LogP contribution is -2.19. The van der Waals surface area contributed by atoms with Crippen molar-refractivity contribution in [2.24, 2.45) is 0 Å². The minimum atomic E-state index is -0.0480. The molecule has 80 valence electrons. The predicted octanol–water partition coefficient (Wildman–Crippen LogP) is 2.19. The molecular weight excluding hydrogens is 212 g/mol. The minimum absolute atomic E-state index is 0.0480. The third kappa shape index (κ3) is 4.13. The Bertz CT molecular complexity index is 388. The summed E-state index contributed by atoms with van der Waals surface area (Å²) in [4.78, 5) is 14.6. The molecule has 0 aliphatic rings. The van der Waals surface area contributed by atoms with E-state index in [1.165, 1.54) is 6.92 Å². The highest BCUT2D eigenvalue weighted by Gasteiger charge is 1.97. The molecule has 1 aromatic rings. The predicted molar refractivity (Wildman–Crippen MR) is 61.7 cm³/mol. The molecule has 0 spiro atoms. The largest absolute Gasteiger partial charge is 0.353 e. The van der Waals surface area contributed by atoms with Crippen LogP contribution in [0.2, 0.25) is 5.15 Å². The number of halogens is 1. The summed E-state index contributed by atoms with van der Waals surface area (Å²) in [6, 6.07) is 1.94. The monoisotopic (exact) mass is 224 g/mol. The van der Waals surface area contributed by atoms with Gasteiger partial charge >= 0.3 is 0 Å². The smallest absolute Gasteiger partial charge is 0.217 e. The maximum Gasteiger partial charge on any atom is 0.217 e. The average Bonchev–Trinajstić information content (AvgIpc) is 2.17. The molecule has 0 bridgehead atoms. The number of amides is 1. The second-order valence-corrected chi connectivity index (χ2v) is 3.59. The highest BCUT2D eigenvalue weighted by Crippen LogP contribution is 2.15. The molecule has 0 radical (unpaired) electrons. The maximum absolute atomic E-state index is 10.6. The first kappa shape index (κ1) is 11.7. The van der Waals surface area contributed by atoms with E-state index in [0.29, 0.717) is 11.7 Å². The number of rotatable bonds is 3. The molecule has 0 saturated heterocycles. The van der Waals surface area contributed by atoms with Gasteiger partial charge in [-0.3, -0.25) is 4.79 Å². The van der Waals surface area contributed by atoms with Gasteiger partial charge in [-0.2, -0.15) is 0 Å². The highest BCUT2D eigenvalue weighted by molar-refractivity contribution is 6.30. The van der Waals surface area contributed by atoms with Crippen LogP contribution in [-0.4, -0.2) is 17.4 Å². The van der Waals surface area contributed by atoms with Gasteiger partial charge in [0.1, 0.15) is 5.15 Å². The van der Waals surface area contributed by atoms with Gasteiger partial charge in [-0.15, -0.1) is 0 Å². The van der Waals surface area contributed by atoms with Gasteiger partial charge in [0.2, 0.25) is 5.91 Å². The van der Waals surface area contributed by atoms with Gasteiger partial charge < -0.3 is 5.32 Å². The molecule has 0 aliphatic carbocycles. The molecule has 1 rings (SSSR count). The third-order valence-electron chi connectivity index (χ3n) is 1.77. The third-order valence-corrected chi connectivity index (χ3v) is 2.08. The molecule has 0 aromatic carbocycles. The van der Waals surface area contributed by atoms with Gasteiger partial charge in [0, 0.05) is 25.2 Å². The van der Waals surface area contributed by atoms with E-state index in [9.17, 15) is 4.79 Å². The Balaban J connectivity index is 2.63. The number of carbonyl (C=O) groups is 1. The van der Waals surface area contributed by atoms with Crippen molar-refractivity contribution in [3.8, 4) is 0 Å². The summed E-state index contributed by atoms with van der Waals surface area (Å²) < 4.78 is 0. The van der Waals surface area contributed by atoms with E-state index in [2.05, 4.69) is 10.3 Å². The fourth-order valence-corrected chi connectivity index (χ4v) is 1.25. The van der Waals surface area contributed by atoms with Gasteiger partial charge in [0.25, 0.3) is 0 Å². The number of pyridine rings is 1. The summed E-state index contributed by atoms with van der Waals surface area (Å²) in [5, 5.41) is 3.13. The van der Waals surface area contributed by atoms with Gasteiger partial charge in [-0.05, 0) is 18.6 Å². The highest BCUT2D eigenvalue weighted by atomic mass is 35.5. The number of carbonyl (C=O) groups excluding carboxylic acids is 1. The first-order chi connectivity index (χ1) is 7.09. The Morgan fingerprint density at radius 1 is 1.67 bits per heavy atom. The zero-order valence-electron chi connectivity index (χ0n) is 8.75. The van der Waals surface area contributed by atoms with Crippen LogP contribution in [-0.2, 0) is 4.79 Å². The number of hydrogen-bond acceptors (Lipinski definition) is 2. The van der Waals surface area contributed by atoms with Crippen LogP contribution in [0.1, 0.15) is 18.1 Å². The van der Waals surface area contributed by atoms with Crippen LogP contribution in [0.3, 0.4) is 0 Å². The number of hydrogen-bond donors (Lipinski definition) is 1. The fraction of sp³-hybridized carbons (Fsp3) is 0.273. The Morgan fingerprint density at radius 2 is 2.40 bits per heavy atom. The van der Waals surface area contributed by atoms with Crippen LogP contribution in [0.5, 0.6) is 0 Å². The van der Waals surface area contributed by atoms with Crippen molar-refractivity contribution in [1.82, 2.24) is 10.3 Å². The normalized spacial score (nSPS) is 10.6. The van der Waals surface area contributed by atoms with E-state index >= 15 is 0 Å². The van der Waals surface area contributed by atoms with Crippen molar-refractivity contribution in [3.63, 3.8) is 0 Å². The number of nitrogens with zero attached hydrogens (tertiary/aromatic N) is 1. The SMILES string of the molecule is CC(=O)NCC=Cc1cc(C)cnc1Cl. The summed E-state index contributed by atoms with van der Waals surface area (Å²) in [7, 11) is 0. The number of nitrogens with one attached hydrogen (secondary N) is 1. The van der Waals surface area contributed by atoms with E-state index in [-0.39, 0.29) is 5.91 Å². The molecule has 15 heavy (non-hydrogen) atoms. The lowest BCUT2D eigenvalue weighted by molar-refractivity contribution is -0.118. The van der Waals surface area contributed by atoms with Crippen molar-refractivity contribution in [3.05, 3.63) is 34.6 Å². The summed E-state index contributed by atoms with van der Waals surface area (Å²) >= 11 is 5.89. The standard InChI is InChI=1S/C11H13ClN2O/c1-8-6-10(11(12)14-7-8)4-3-5-13-9(2)15/h3-4,6-7H,5H2,1-2H3,(H,13,15).